The Morgan fingerprint density at radius 1 is 0.672 bits per heavy atom. The predicted octanol–water partition coefficient (Wildman–Crippen LogP) is 15.2. The molecule has 0 fully saturated rings. The summed E-state index contributed by atoms with van der Waals surface area (Å²) in [4.78, 5) is 18.6. The van der Waals surface area contributed by atoms with E-state index >= 15 is 0 Å². The van der Waals surface area contributed by atoms with Crippen molar-refractivity contribution in [3.05, 3.63) is 116 Å². The molecule has 3 aliphatic rings. The molecule has 0 bridgehead atoms. The third-order valence-corrected chi connectivity index (χ3v) is 12.3. The van der Waals surface area contributed by atoms with Crippen LogP contribution in [0.5, 0.6) is 0 Å². The zero-order chi connectivity index (χ0) is 41.1. The van der Waals surface area contributed by atoms with Crippen molar-refractivity contribution < 1.29 is 4.79 Å². The number of nitrogens with zero attached hydrogens (tertiary/aromatic N) is 4. The summed E-state index contributed by atoms with van der Waals surface area (Å²) in [5.74, 6) is 1.27. The molecule has 2 aromatic carbocycles. The van der Waals surface area contributed by atoms with Gasteiger partial charge in [0, 0.05) is 57.8 Å². The van der Waals surface area contributed by atoms with Gasteiger partial charge in [0.1, 0.15) is 6.07 Å². The molecule has 0 amide bonds. The summed E-state index contributed by atoms with van der Waals surface area (Å²) in [5, 5.41) is 21.4. The molecular weight excluding hydrogens is 755 g/mol. The number of hydrogen-bond acceptors (Lipinski definition) is 4. The monoisotopic (exact) mass is 817 g/mol. The van der Waals surface area contributed by atoms with E-state index in [4.69, 9.17) is 23.2 Å². The molecule has 1 atom stereocenters. The second-order valence-electron chi connectivity index (χ2n) is 16.2. The molecule has 2 aromatic rings. The third kappa shape index (κ3) is 12.5. The largest absolute Gasteiger partial charge is 0.762 e. The van der Waals surface area contributed by atoms with Crippen LogP contribution < -0.4 is 9.80 Å². The molecule has 0 saturated heterocycles. The highest BCUT2D eigenvalue weighted by Gasteiger charge is 2.39. The van der Waals surface area contributed by atoms with Crippen LogP contribution in [0.15, 0.2) is 89.8 Å². The van der Waals surface area contributed by atoms with Crippen molar-refractivity contribution in [2.24, 2.45) is 5.92 Å². The lowest BCUT2D eigenvalue weighted by Gasteiger charge is -2.32. The molecule has 5 rings (SSSR count). The molecule has 0 saturated carbocycles. The number of benzene rings is 2. The van der Waals surface area contributed by atoms with Crippen LogP contribution in [0.1, 0.15) is 153 Å². The van der Waals surface area contributed by atoms with Gasteiger partial charge in [-0.05, 0) is 66.5 Å². The van der Waals surface area contributed by atoms with Crippen molar-refractivity contribution in [2.75, 3.05) is 22.9 Å². The molecule has 308 valence electrons. The number of carbonyl (C=O) groups excluding carboxylic acids is 1. The third-order valence-electron chi connectivity index (χ3n) is 11.8. The molecule has 0 aromatic heterocycles. The highest BCUT2D eigenvalue weighted by molar-refractivity contribution is 6.31. The fourth-order valence-corrected chi connectivity index (χ4v) is 8.79. The number of rotatable bonds is 25. The number of carbonyl (C=O) groups is 1. The normalized spacial score (nSPS) is 17.1. The van der Waals surface area contributed by atoms with E-state index in [0.29, 0.717) is 21.2 Å². The van der Waals surface area contributed by atoms with E-state index in [0.717, 1.165) is 59.6 Å². The van der Waals surface area contributed by atoms with E-state index in [2.05, 4.69) is 48.0 Å². The highest BCUT2D eigenvalue weighted by atomic mass is 35.5. The molecule has 1 unspecified atom stereocenters. The van der Waals surface area contributed by atoms with Crippen LogP contribution in [0.4, 0.5) is 11.4 Å². The number of fused-ring (bicyclic) bond motifs is 2. The SMILES string of the molecule is CCCCCCCCCCCCN1C=C/C(=C\C2=C(C(=C=[N-])C#N)C(/C=C3\C=CN(CCCCCCCCCCCC)c4cc(Cl)ccc43)C2=O)c2ccc(Cl)cc21. The number of allylic oxidation sites excluding steroid dienone is 9. The molecule has 0 N–H and O–H groups in total. The Labute approximate surface area is 359 Å². The maximum Gasteiger partial charge on any atom is 0.174 e. The molecule has 58 heavy (non-hydrogen) atoms. The first kappa shape index (κ1) is 45.0. The fraction of sp³-hybridized carbons (Fsp3) is 0.490. The van der Waals surface area contributed by atoms with Crippen molar-refractivity contribution in [3.63, 3.8) is 0 Å². The quantitative estimate of drug-likeness (QED) is 0.0568. The maximum absolute atomic E-state index is 14.1. The van der Waals surface area contributed by atoms with Crippen LogP contribution in [0.3, 0.4) is 0 Å². The zero-order valence-electron chi connectivity index (χ0n) is 35.0. The maximum atomic E-state index is 14.1. The number of Topliss-reactive ketones (excluding diaryl/α,β-unsaturated/α-hetero) is 1. The summed E-state index contributed by atoms with van der Waals surface area (Å²) >= 11 is 13.0. The summed E-state index contributed by atoms with van der Waals surface area (Å²) in [6.07, 6.45) is 37.6. The molecule has 1 aliphatic carbocycles. The van der Waals surface area contributed by atoms with Crippen molar-refractivity contribution in [3.8, 4) is 6.07 Å². The lowest BCUT2D eigenvalue weighted by Crippen LogP contribution is -2.31. The van der Waals surface area contributed by atoms with E-state index in [1.165, 1.54) is 116 Å². The Kier molecular flexibility index (Phi) is 18.7. The Hall–Kier alpha value is -4.07. The smallest absolute Gasteiger partial charge is 0.174 e. The van der Waals surface area contributed by atoms with E-state index in [-0.39, 0.29) is 11.4 Å². The van der Waals surface area contributed by atoms with Gasteiger partial charge in [-0.3, -0.25) is 10.7 Å². The van der Waals surface area contributed by atoms with Gasteiger partial charge < -0.3 is 15.2 Å². The molecule has 0 radical (unpaired) electrons. The van der Waals surface area contributed by atoms with Crippen molar-refractivity contribution in [1.29, 1.82) is 5.26 Å². The molecular formula is C51H63Cl2N4O-. The van der Waals surface area contributed by atoms with E-state index in [1.54, 1.807) is 0 Å². The lowest BCUT2D eigenvalue weighted by atomic mass is 9.71. The number of hydrogen-bond donors (Lipinski definition) is 0. The highest BCUT2D eigenvalue weighted by Crippen LogP contribution is 2.44. The molecule has 5 nitrogen and oxygen atoms in total. The number of ketones is 1. The van der Waals surface area contributed by atoms with Crippen molar-refractivity contribution in [1.82, 2.24) is 0 Å². The molecule has 0 spiro atoms. The minimum Gasteiger partial charge on any atom is -0.762 e. The Morgan fingerprint density at radius 2 is 1.10 bits per heavy atom. The molecule has 2 heterocycles. The van der Waals surface area contributed by atoms with E-state index < -0.39 is 5.92 Å². The van der Waals surface area contributed by atoms with Crippen LogP contribution in [-0.2, 0) is 4.79 Å². The standard InChI is InChI=1S/C51H63Cl2N4O/c1-3-5-7-9-11-13-15-17-19-21-29-56-31-27-39(44-25-23-42(52)35-48(44)56)33-46-50(41(37-54)38-55)47(51(46)58)34-40-28-32-57(49-36-43(53)24-26-45(40)49)30-22-20-18-16-14-12-10-8-6-4-2/h23-28,31-36,46H,3-22,29-30H2,1-2H3/q-1/b39-33+,40-34+. The van der Waals surface area contributed by atoms with Gasteiger partial charge in [-0.25, -0.2) is 0 Å². The van der Waals surface area contributed by atoms with Gasteiger partial charge in [-0.1, -0.05) is 171 Å². The van der Waals surface area contributed by atoms with Gasteiger partial charge >= 0.3 is 0 Å². The minimum atomic E-state index is -0.706. The first-order valence-corrected chi connectivity index (χ1v) is 23.0. The average molecular weight is 819 g/mol. The summed E-state index contributed by atoms with van der Waals surface area (Å²) in [5.41, 5.74) is 6.54. The summed E-state index contributed by atoms with van der Waals surface area (Å²) in [6.45, 7) is 6.29. The average Bonchev–Trinajstić information content (AvgIpc) is 3.23. The zero-order valence-corrected chi connectivity index (χ0v) is 36.5. The Balaban J connectivity index is 1.28. The van der Waals surface area contributed by atoms with Gasteiger partial charge in [0.05, 0.1) is 22.9 Å². The van der Waals surface area contributed by atoms with E-state index in [1.807, 2.05) is 60.7 Å². The summed E-state index contributed by atoms with van der Waals surface area (Å²) in [6, 6.07) is 13.8. The Morgan fingerprint density at radius 3 is 1.55 bits per heavy atom. The topological polar surface area (TPSA) is 69.6 Å². The van der Waals surface area contributed by atoms with Crippen LogP contribution >= 0.6 is 23.2 Å². The minimum absolute atomic E-state index is 0.0364. The van der Waals surface area contributed by atoms with Gasteiger partial charge in [0.2, 0.25) is 0 Å². The Bertz CT molecular complexity index is 1960. The van der Waals surface area contributed by atoms with Crippen molar-refractivity contribution in [2.45, 2.75) is 142 Å². The lowest BCUT2D eigenvalue weighted by molar-refractivity contribution is -0.118. The predicted molar refractivity (Wildman–Crippen MR) is 249 cm³/mol. The number of anilines is 2. The summed E-state index contributed by atoms with van der Waals surface area (Å²) < 4.78 is 0. The second kappa shape index (κ2) is 24.1. The summed E-state index contributed by atoms with van der Waals surface area (Å²) in [7, 11) is 0. The van der Waals surface area contributed by atoms with Gasteiger partial charge in [0.15, 0.2) is 5.78 Å². The van der Waals surface area contributed by atoms with Crippen LogP contribution in [0.2, 0.25) is 10.0 Å². The first-order chi connectivity index (χ1) is 28.4. The number of nitriles is 1. The fourth-order valence-electron chi connectivity index (χ4n) is 8.45. The van der Waals surface area contributed by atoms with Crippen LogP contribution in [0, 0.1) is 17.2 Å². The molecule has 2 aliphatic heterocycles. The van der Waals surface area contributed by atoms with Crippen LogP contribution in [-0.4, -0.2) is 24.7 Å². The second-order valence-corrected chi connectivity index (χ2v) is 17.1. The molecule has 7 heteroatoms. The van der Waals surface area contributed by atoms with E-state index in [9.17, 15) is 15.5 Å². The number of halogens is 2. The van der Waals surface area contributed by atoms with Crippen LogP contribution in [0.25, 0.3) is 16.6 Å². The first-order valence-electron chi connectivity index (χ1n) is 22.3. The number of unbranched alkanes of at least 4 members (excludes halogenated alkanes) is 18. The van der Waals surface area contributed by atoms with Crippen molar-refractivity contribution >= 4 is 57.4 Å². The van der Waals surface area contributed by atoms with Gasteiger partial charge in [-0.2, -0.15) is 5.26 Å². The van der Waals surface area contributed by atoms with Gasteiger partial charge in [0.25, 0.3) is 0 Å². The van der Waals surface area contributed by atoms with Gasteiger partial charge in [-0.15, -0.1) is 0 Å².